The van der Waals surface area contributed by atoms with Gasteiger partial charge in [-0.15, -0.1) is 0 Å². The quantitative estimate of drug-likeness (QED) is 0.338. The molecule has 0 radical (unpaired) electrons. The first-order valence-electron chi connectivity index (χ1n) is 8.03. The van der Waals surface area contributed by atoms with Crippen LogP contribution in [0.3, 0.4) is 0 Å². The minimum atomic E-state index is -5.39. The average Bonchev–Trinajstić information content (AvgIpc) is 2.83. The monoisotopic (exact) mass is 482 g/mol. The van der Waals surface area contributed by atoms with E-state index in [2.05, 4.69) is 28.7 Å². The normalized spacial score (nSPS) is 15.9. The van der Waals surface area contributed by atoms with Crippen molar-refractivity contribution in [3.63, 3.8) is 0 Å². The number of rotatable bonds is 3. The number of phosphoric acid groups is 2. The van der Waals surface area contributed by atoms with E-state index in [1.807, 2.05) is 6.92 Å². The van der Waals surface area contributed by atoms with Crippen LogP contribution < -0.4 is 35.1 Å². The molecule has 0 amide bonds. The van der Waals surface area contributed by atoms with Crippen molar-refractivity contribution in [1.29, 1.82) is 0 Å². The minimum absolute atomic E-state index is 0.324. The van der Waals surface area contributed by atoms with E-state index in [4.69, 9.17) is 44.2 Å². The van der Waals surface area contributed by atoms with Crippen molar-refractivity contribution < 1.29 is 43.6 Å². The Kier molecular flexibility index (Phi) is 11.2. The van der Waals surface area contributed by atoms with Gasteiger partial charge in [0.2, 0.25) is 0 Å². The topological polar surface area (TPSA) is 248 Å². The summed E-state index contributed by atoms with van der Waals surface area (Å²) in [6.07, 6.45) is 2.70. The fraction of sp³-hybridized carbons (Fsp3) is 0.429. The van der Waals surface area contributed by atoms with E-state index in [1.54, 1.807) is 24.9 Å². The van der Waals surface area contributed by atoms with E-state index < -0.39 is 15.6 Å². The number of aliphatic hydroxyl groups is 1. The Morgan fingerprint density at radius 1 is 1.17 bits per heavy atom. The summed E-state index contributed by atoms with van der Waals surface area (Å²) in [5.74, 6) is 1.48. The number of thioether (sulfide) groups is 1. The number of nitrogens with zero attached hydrogens (tertiary/aromatic N) is 3. The Morgan fingerprint density at radius 2 is 1.63 bits per heavy atom. The maximum absolute atomic E-state index is 9.87. The lowest BCUT2D eigenvalue weighted by molar-refractivity contribution is -0.434. The molecule has 0 atom stereocenters. The van der Waals surface area contributed by atoms with Crippen molar-refractivity contribution in [2.75, 3.05) is 5.73 Å². The van der Waals surface area contributed by atoms with Crippen LogP contribution in [0.15, 0.2) is 27.6 Å². The first-order valence-corrected chi connectivity index (χ1v) is 11.8. The van der Waals surface area contributed by atoms with E-state index in [0.29, 0.717) is 23.9 Å². The molecule has 172 valence electrons. The fourth-order valence-electron chi connectivity index (χ4n) is 2.14. The van der Waals surface area contributed by atoms with E-state index in [1.165, 1.54) is 4.91 Å². The standard InChI is InChI=1S/C14H20N4OS.2H3O4P/c1-5-12-8(2)18(14(20-12)9(3)19)7-11-6-16-10(4)17-13(11)15;2*1-5(2,3)4/h6,19H,5,7H2,1-4H3,(H2,15,16,17);2*(H3,1,2,3,4)/p-6. The summed E-state index contributed by atoms with van der Waals surface area (Å²) in [6, 6.07) is 0. The van der Waals surface area contributed by atoms with E-state index in [-0.39, 0.29) is 0 Å². The van der Waals surface area contributed by atoms with Crippen molar-refractivity contribution in [1.82, 2.24) is 14.9 Å². The number of allylic oxidation sites excluding steroid dienone is 3. The predicted molar refractivity (Wildman–Crippen MR) is 97.8 cm³/mol. The lowest BCUT2D eigenvalue weighted by atomic mass is 10.2. The third-order valence-corrected chi connectivity index (χ3v) is 4.79. The van der Waals surface area contributed by atoms with Crippen molar-refractivity contribution in [3.8, 4) is 0 Å². The summed E-state index contributed by atoms with van der Waals surface area (Å²) in [5, 5.41) is 10.7. The Hall–Kier alpha value is -1.47. The predicted octanol–water partition coefficient (Wildman–Crippen LogP) is -2.34. The zero-order chi connectivity index (χ0) is 23.9. The third kappa shape index (κ3) is 12.3. The molecule has 0 unspecified atom stereocenters. The maximum Gasteiger partial charge on any atom is 0.132 e. The highest BCUT2D eigenvalue weighted by molar-refractivity contribution is 8.06. The summed E-state index contributed by atoms with van der Waals surface area (Å²) in [6.45, 7) is 8.27. The second-order valence-electron chi connectivity index (χ2n) is 5.66. The number of aromatic nitrogens is 2. The van der Waals surface area contributed by atoms with Crippen LogP contribution in [0.25, 0.3) is 0 Å². The molecular weight excluding hydrogens is 462 g/mol. The van der Waals surface area contributed by atoms with Crippen LogP contribution in [-0.2, 0) is 15.7 Å². The number of hydrogen-bond acceptors (Lipinski definition) is 14. The second kappa shape index (κ2) is 11.8. The molecule has 0 saturated carbocycles. The summed E-state index contributed by atoms with van der Waals surface area (Å²) in [7, 11) is -10.8. The molecule has 13 nitrogen and oxygen atoms in total. The SMILES string of the molecule is CCC1=C(C)N(Cc2cnc(C)nc2N)C(=C(C)O)S1.O=P([O-])([O-])[O-].O=P([O-])([O-])[O-]. The molecule has 16 heteroatoms. The molecule has 0 saturated heterocycles. The van der Waals surface area contributed by atoms with Gasteiger partial charge in [-0.2, -0.15) is 15.6 Å². The maximum atomic E-state index is 9.87. The van der Waals surface area contributed by atoms with Gasteiger partial charge >= 0.3 is 0 Å². The Labute approximate surface area is 177 Å². The highest BCUT2D eigenvalue weighted by Crippen LogP contribution is 2.44. The van der Waals surface area contributed by atoms with Crippen LogP contribution in [0.4, 0.5) is 5.82 Å². The Bertz CT molecular complexity index is 857. The summed E-state index contributed by atoms with van der Waals surface area (Å²) >= 11 is 1.62. The van der Waals surface area contributed by atoms with Crippen molar-refractivity contribution in [2.24, 2.45) is 0 Å². The lowest BCUT2D eigenvalue weighted by Gasteiger charge is -2.36. The van der Waals surface area contributed by atoms with Crippen LogP contribution in [0.1, 0.15) is 38.6 Å². The van der Waals surface area contributed by atoms with Gasteiger partial charge in [-0.25, -0.2) is 9.97 Å². The van der Waals surface area contributed by atoms with Gasteiger partial charge in [0.1, 0.15) is 22.4 Å². The Balaban J connectivity index is 0.000000702. The van der Waals surface area contributed by atoms with Gasteiger partial charge in [0.25, 0.3) is 0 Å². The number of aliphatic hydroxyl groups excluding tert-OH is 1. The molecular formula is C14H20N4O9P2S-6. The molecule has 0 bridgehead atoms. The van der Waals surface area contributed by atoms with Crippen molar-refractivity contribution in [2.45, 2.75) is 40.7 Å². The first-order chi connectivity index (χ1) is 13.4. The second-order valence-corrected chi connectivity index (χ2v) is 8.54. The number of nitrogen functional groups attached to an aromatic ring is 1. The highest BCUT2D eigenvalue weighted by atomic mass is 32.2. The molecule has 0 aromatic carbocycles. The van der Waals surface area contributed by atoms with Gasteiger partial charge in [-0.05, 0) is 27.2 Å². The van der Waals surface area contributed by atoms with Crippen molar-refractivity contribution in [3.05, 3.63) is 39.0 Å². The van der Waals surface area contributed by atoms with Crippen LogP contribution in [0.5, 0.6) is 0 Å². The minimum Gasteiger partial charge on any atom is -0.822 e. The van der Waals surface area contributed by atoms with Gasteiger partial charge in [-0.3, -0.25) is 0 Å². The molecule has 1 aromatic rings. The molecule has 1 aromatic heterocycles. The summed E-state index contributed by atoms with van der Waals surface area (Å²) < 4.78 is 17.1. The third-order valence-electron chi connectivity index (χ3n) is 3.25. The molecule has 2 heterocycles. The molecule has 1 aliphatic heterocycles. The molecule has 0 aliphatic carbocycles. The van der Waals surface area contributed by atoms with E-state index >= 15 is 0 Å². The van der Waals surface area contributed by atoms with Gasteiger partial charge in [0.05, 0.1) is 6.54 Å². The lowest BCUT2D eigenvalue weighted by Crippen LogP contribution is -2.24. The van der Waals surface area contributed by atoms with Gasteiger partial charge < -0.3 is 54.2 Å². The summed E-state index contributed by atoms with van der Waals surface area (Å²) in [4.78, 5) is 63.0. The van der Waals surface area contributed by atoms with Crippen LogP contribution >= 0.6 is 27.4 Å². The molecule has 30 heavy (non-hydrogen) atoms. The molecule has 0 fully saturated rings. The molecule has 0 spiro atoms. The highest BCUT2D eigenvalue weighted by Gasteiger charge is 2.27. The zero-order valence-corrected chi connectivity index (χ0v) is 19.0. The average molecular weight is 482 g/mol. The van der Waals surface area contributed by atoms with Gasteiger partial charge in [-0.1, -0.05) is 18.7 Å². The number of hydrogen-bond donors (Lipinski definition) is 2. The molecule has 1 aliphatic rings. The van der Waals surface area contributed by atoms with Crippen LogP contribution in [0.2, 0.25) is 0 Å². The smallest absolute Gasteiger partial charge is 0.132 e. The number of aryl methyl sites for hydroxylation is 1. The molecule has 2 rings (SSSR count). The number of anilines is 1. The van der Waals surface area contributed by atoms with Gasteiger partial charge in [0, 0.05) is 22.4 Å². The van der Waals surface area contributed by atoms with E-state index in [9.17, 15) is 5.11 Å². The zero-order valence-electron chi connectivity index (χ0n) is 16.4. The Morgan fingerprint density at radius 3 is 2.00 bits per heavy atom. The molecule has 3 N–H and O–H groups in total. The summed E-state index contributed by atoms with van der Waals surface area (Å²) in [5.41, 5.74) is 7.98. The van der Waals surface area contributed by atoms with Crippen molar-refractivity contribution >= 4 is 33.2 Å². The number of nitrogens with two attached hydrogens (primary N) is 1. The first kappa shape index (κ1) is 28.5. The van der Waals surface area contributed by atoms with Crippen LogP contribution in [0, 0.1) is 6.92 Å². The van der Waals surface area contributed by atoms with Gasteiger partial charge in [0.15, 0.2) is 0 Å². The van der Waals surface area contributed by atoms with Crippen LogP contribution in [-0.4, -0.2) is 20.0 Å². The fourth-order valence-corrected chi connectivity index (χ4v) is 3.24. The van der Waals surface area contributed by atoms with E-state index in [0.717, 1.165) is 22.7 Å². The largest absolute Gasteiger partial charge is 0.822 e.